The number of carbonyl (C=O) groups is 2. The van der Waals surface area contributed by atoms with Gasteiger partial charge in [0.25, 0.3) is 11.6 Å². The van der Waals surface area contributed by atoms with Gasteiger partial charge in [-0.05, 0) is 67.8 Å². The van der Waals surface area contributed by atoms with Crippen molar-refractivity contribution in [3.8, 4) is 0 Å². The molecule has 1 atom stereocenters. The Morgan fingerprint density at radius 2 is 1.64 bits per heavy atom. The summed E-state index contributed by atoms with van der Waals surface area (Å²) in [5, 5.41) is 16.4. The predicted octanol–water partition coefficient (Wildman–Crippen LogP) is 5.97. The van der Waals surface area contributed by atoms with Crippen LogP contribution in [0.3, 0.4) is 0 Å². The number of nitro benzene ring substituents is 1. The topological polar surface area (TPSA) is 101 Å². The summed E-state index contributed by atoms with van der Waals surface area (Å²) in [6.07, 6.45) is 0.631. The van der Waals surface area contributed by atoms with E-state index in [1.54, 1.807) is 18.2 Å². The minimum absolute atomic E-state index is 0.0847. The number of carbonyl (C=O) groups excluding carboxylic acids is 2. The zero-order valence-electron chi connectivity index (χ0n) is 18.6. The fourth-order valence-electron chi connectivity index (χ4n) is 3.37. The molecule has 0 aliphatic carbocycles. The third-order valence-corrected chi connectivity index (χ3v) is 6.20. The molecule has 2 amide bonds. The second-order valence-corrected chi connectivity index (χ2v) is 8.95. The van der Waals surface area contributed by atoms with Crippen LogP contribution in [0.4, 0.5) is 17.1 Å². The summed E-state index contributed by atoms with van der Waals surface area (Å²) < 4.78 is 0. The molecule has 0 fully saturated rings. The zero-order chi connectivity index (χ0) is 24.0. The van der Waals surface area contributed by atoms with Gasteiger partial charge in [0, 0.05) is 34.0 Å². The maximum Gasteiger partial charge on any atom is 0.270 e. The van der Waals surface area contributed by atoms with E-state index in [2.05, 4.69) is 16.7 Å². The van der Waals surface area contributed by atoms with Gasteiger partial charge in [0.1, 0.15) is 0 Å². The van der Waals surface area contributed by atoms with Gasteiger partial charge in [0.05, 0.1) is 10.2 Å². The SMILES string of the molecule is CCC(Sc1cccc(NC(=O)c2cccc([N+](=O)[O-])c2)c1)C(=O)Nc1cc(C)cc(C)c1. The molecule has 1 unspecified atom stereocenters. The van der Waals surface area contributed by atoms with Crippen LogP contribution in [0.1, 0.15) is 34.8 Å². The monoisotopic (exact) mass is 463 g/mol. The third-order valence-electron chi connectivity index (χ3n) is 4.84. The lowest BCUT2D eigenvalue weighted by Gasteiger charge is -2.16. The minimum Gasteiger partial charge on any atom is -0.325 e. The lowest BCUT2D eigenvalue weighted by Crippen LogP contribution is -2.24. The van der Waals surface area contributed by atoms with Crippen molar-refractivity contribution in [3.63, 3.8) is 0 Å². The molecule has 0 heterocycles. The van der Waals surface area contributed by atoms with E-state index in [4.69, 9.17) is 0 Å². The number of nitrogens with zero attached hydrogens (tertiary/aromatic N) is 1. The molecule has 170 valence electrons. The Kier molecular flexibility index (Phi) is 7.84. The number of nitrogens with one attached hydrogen (secondary N) is 2. The van der Waals surface area contributed by atoms with Gasteiger partial charge in [-0.25, -0.2) is 0 Å². The van der Waals surface area contributed by atoms with Crippen LogP contribution in [0, 0.1) is 24.0 Å². The number of benzene rings is 3. The predicted molar refractivity (Wildman–Crippen MR) is 132 cm³/mol. The van der Waals surface area contributed by atoms with Crippen molar-refractivity contribution in [1.29, 1.82) is 0 Å². The molecule has 2 N–H and O–H groups in total. The Balaban J connectivity index is 1.69. The van der Waals surface area contributed by atoms with Crippen LogP contribution in [0.2, 0.25) is 0 Å². The highest BCUT2D eigenvalue weighted by Crippen LogP contribution is 2.29. The Labute approximate surface area is 196 Å². The van der Waals surface area contributed by atoms with Crippen molar-refractivity contribution in [3.05, 3.63) is 93.5 Å². The average molecular weight is 464 g/mol. The van der Waals surface area contributed by atoms with Gasteiger partial charge < -0.3 is 10.6 Å². The summed E-state index contributed by atoms with van der Waals surface area (Å²) in [5.41, 5.74) is 3.53. The van der Waals surface area contributed by atoms with Gasteiger partial charge >= 0.3 is 0 Å². The van der Waals surface area contributed by atoms with Gasteiger partial charge in [0.2, 0.25) is 5.91 Å². The summed E-state index contributed by atoms with van der Waals surface area (Å²) >= 11 is 1.42. The molecule has 0 saturated carbocycles. The number of nitro groups is 1. The van der Waals surface area contributed by atoms with Crippen molar-refractivity contribution in [1.82, 2.24) is 0 Å². The zero-order valence-corrected chi connectivity index (χ0v) is 19.4. The summed E-state index contributed by atoms with van der Waals surface area (Å²) in [5.74, 6) is -0.529. The van der Waals surface area contributed by atoms with E-state index in [9.17, 15) is 19.7 Å². The van der Waals surface area contributed by atoms with Crippen LogP contribution >= 0.6 is 11.8 Å². The number of hydrogen-bond donors (Lipinski definition) is 2. The smallest absolute Gasteiger partial charge is 0.270 e. The van der Waals surface area contributed by atoms with Gasteiger partial charge in [0.15, 0.2) is 0 Å². The molecule has 0 aliphatic heterocycles. The summed E-state index contributed by atoms with van der Waals surface area (Å²) in [4.78, 5) is 36.6. The minimum atomic E-state index is -0.540. The second kappa shape index (κ2) is 10.8. The molecular formula is C25H25N3O4S. The molecule has 0 bridgehead atoms. The van der Waals surface area contributed by atoms with Crippen LogP contribution in [-0.4, -0.2) is 22.0 Å². The van der Waals surface area contributed by atoms with E-state index in [-0.39, 0.29) is 22.4 Å². The number of non-ortho nitro benzene ring substituents is 1. The molecule has 3 aromatic carbocycles. The van der Waals surface area contributed by atoms with Crippen molar-refractivity contribution < 1.29 is 14.5 Å². The molecule has 33 heavy (non-hydrogen) atoms. The normalized spacial score (nSPS) is 11.5. The first-order valence-electron chi connectivity index (χ1n) is 10.5. The molecular weight excluding hydrogens is 438 g/mol. The van der Waals surface area contributed by atoms with Gasteiger partial charge in [-0.15, -0.1) is 11.8 Å². The number of aryl methyl sites for hydroxylation is 2. The van der Waals surface area contributed by atoms with Crippen molar-refractivity contribution in [2.45, 2.75) is 37.3 Å². The summed E-state index contributed by atoms with van der Waals surface area (Å²) in [6.45, 7) is 5.93. The Hall–Kier alpha value is -3.65. The Morgan fingerprint density at radius 1 is 0.939 bits per heavy atom. The van der Waals surface area contributed by atoms with E-state index in [1.807, 2.05) is 39.0 Å². The lowest BCUT2D eigenvalue weighted by molar-refractivity contribution is -0.384. The molecule has 0 radical (unpaired) electrons. The highest BCUT2D eigenvalue weighted by molar-refractivity contribution is 8.00. The van der Waals surface area contributed by atoms with Crippen LogP contribution in [0.5, 0.6) is 0 Å². The van der Waals surface area contributed by atoms with Crippen molar-refractivity contribution in [2.75, 3.05) is 10.6 Å². The summed E-state index contributed by atoms with van der Waals surface area (Å²) in [7, 11) is 0. The van der Waals surface area contributed by atoms with E-state index in [0.717, 1.165) is 21.7 Å². The fraction of sp³-hybridized carbons (Fsp3) is 0.200. The van der Waals surface area contributed by atoms with E-state index < -0.39 is 10.8 Å². The first kappa shape index (κ1) is 24.0. The molecule has 0 saturated heterocycles. The Bertz CT molecular complexity index is 1180. The van der Waals surface area contributed by atoms with Crippen LogP contribution in [0.25, 0.3) is 0 Å². The standard InChI is InChI=1S/C25H25N3O4S/c1-4-23(25(30)27-20-12-16(2)11-17(3)13-20)33-22-10-6-8-19(15-22)26-24(29)18-7-5-9-21(14-18)28(31)32/h5-15,23H,4H2,1-3H3,(H,26,29)(H,27,30). The molecule has 3 aromatic rings. The highest BCUT2D eigenvalue weighted by Gasteiger charge is 2.19. The quantitative estimate of drug-likeness (QED) is 0.243. The molecule has 7 nitrogen and oxygen atoms in total. The van der Waals surface area contributed by atoms with E-state index in [0.29, 0.717) is 12.1 Å². The largest absolute Gasteiger partial charge is 0.325 e. The van der Waals surface area contributed by atoms with Crippen molar-refractivity contribution in [2.24, 2.45) is 0 Å². The number of thioether (sulfide) groups is 1. The van der Waals surface area contributed by atoms with E-state index >= 15 is 0 Å². The maximum absolute atomic E-state index is 12.8. The maximum atomic E-state index is 12.8. The first-order valence-corrected chi connectivity index (χ1v) is 11.3. The van der Waals surface area contributed by atoms with Crippen molar-refractivity contribution >= 4 is 40.6 Å². The first-order chi connectivity index (χ1) is 15.7. The van der Waals surface area contributed by atoms with Crippen LogP contribution in [0.15, 0.2) is 71.6 Å². The molecule has 0 aliphatic rings. The molecule has 8 heteroatoms. The third kappa shape index (κ3) is 6.66. The molecule has 0 aromatic heterocycles. The number of rotatable bonds is 8. The number of anilines is 2. The van der Waals surface area contributed by atoms with Gasteiger partial charge in [-0.2, -0.15) is 0 Å². The van der Waals surface area contributed by atoms with Crippen LogP contribution < -0.4 is 10.6 Å². The molecule has 0 spiro atoms. The number of hydrogen-bond acceptors (Lipinski definition) is 5. The average Bonchev–Trinajstić information content (AvgIpc) is 2.77. The Morgan fingerprint density at radius 3 is 2.30 bits per heavy atom. The molecule has 3 rings (SSSR count). The van der Waals surface area contributed by atoms with Gasteiger partial charge in [-0.3, -0.25) is 19.7 Å². The fourth-order valence-corrected chi connectivity index (χ4v) is 4.38. The summed E-state index contributed by atoms with van der Waals surface area (Å²) in [6, 6.07) is 18.7. The van der Waals surface area contributed by atoms with E-state index in [1.165, 1.54) is 36.0 Å². The highest BCUT2D eigenvalue weighted by atomic mass is 32.2. The van der Waals surface area contributed by atoms with Crippen LogP contribution in [-0.2, 0) is 4.79 Å². The van der Waals surface area contributed by atoms with Gasteiger partial charge in [-0.1, -0.05) is 25.1 Å². The number of amides is 2. The second-order valence-electron chi connectivity index (χ2n) is 7.67. The lowest BCUT2D eigenvalue weighted by atomic mass is 10.1.